The molecule has 1 atom stereocenters. The number of aromatic nitrogens is 4. The molecule has 11 heteroatoms. The third-order valence-corrected chi connectivity index (χ3v) is 6.64. The lowest BCUT2D eigenvalue weighted by molar-refractivity contribution is -0.124. The molecule has 0 radical (unpaired) electrons. The summed E-state index contributed by atoms with van der Waals surface area (Å²) in [6.07, 6.45) is 5.36. The van der Waals surface area contributed by atoms with Crippen molar-refractivity contribution in [3.63, 3.8) is 0 Å². The van der Waals surface area contributed by atoms with E-state index in [-0.39, 0.29) is 42.1 Å². The van der Waals surface area contributed by atoms with E-state index in [0.29, 0.717) is 38.2 Å². The molecule has 0 saturated heterocycles. The highest BCUT2D eigenvalue weighted by Gasteiger charge is 2.30. The molecule has 9 nitrogen and oxygen atoms in total. The molecule has 0 bridgehead atoms. The van der Waals surface area contributed by atoms with Crippen molar-refractivity contribution in [2.24, 2.45) is 0 Å². The molecule has 1 aliphatic rings. The molecule has 4 aromatic rings. The number of nitrogens with two attached hydrogens (primary N) is 1. The zero-order valence-corrected chi connectivity index (χ0v) is 23.1. The standard InChI is InChI=1S/C28H29N7O2.2ClH/c1-18-20(8-12-25(29)34-18)15-33-27(36)24-11-10-23-17-32-26(28(37)35(23)24)30-14-13-22-9-7-21(16-31-22)19-5-3-2-4-6-19;;/h2-9,12,16-17,24H,10-11,13-15H2,1H3,(H2,29,34)(H,30,32)(H,33,36);2*1H. The summed E-state index contributed by atoms with van der Waals surface area (Å²) < 4.78 is 1.56. The van der Waals surface area contributed by atoms with Crippen LogP contribution in [-0.4, -0.2) is 32.0 Å². The normalized spacial score (nSPS) is 13.5. The van der Waals surface area contributed by atoms with Crippen LogP contribution in [0.25, 0.3) is 11.1 Å². The Hall–Kier alpha value is -3.95. The van der Waals surface area contributed by atoms with Gasteiger partial charge in [-0.3, -0.25) is 19.1 Å². The van der Waals surface area contributed by atoms with Gasteiger partial charge in [-0.2, -0.15) is 0 Å². The Bertz CT molecular complexity index is 1480. The van der Waals surface area contributed by atoms with E-state index in [9.17, 15) is 9.59 Å². The summed E-state index contributed by atoms with van der Waals surface area (Å²) in [4.78, 5) is 39.3. The minimum absolute atomic E-state index is 0. The predicted octanol–water partition coefficient (Wildman–Crippen LogP) is 3.89. The largest absolute Gasteiger partial charge is 0.384 e. The molecule has 0 spiro atoms. The molecule has 3 aromatic heterocycles. The second kappa shape index (κ2) is 13.2. The number of pyridine rings is 2. The van der Waals surface area contributed by atoms with E-state index in [4.69, 9.17) is 5.73 Å². The SMILES string of the molecule is Cc1nc(N)ccc1CNC(=O)C1CCc2cnc(NCCc3ccc(-c4ccccc4)cn3)c(=O)n21.Cl.Cl. The van der Waals surface area contributed by atoms with E-state index in [1.54, 1.807) is 16.8 Å². The van der Waals surface area contributed by atoms with Gasteiger partial charge in [0.15, 0.2) is 5.82 Å². The monoisotopic (exact) mass is 567 g/mol. The van der Waals surface area contributed by atoms with Crippen LogP contribution in [0.2, 0.25) is 0 Å². The molecule has 204 valence electrons. The average Bonchev–Trinajstić information content (AvgIpc) is 3.35. The van der Waals surface area contributed by atoms with Crippen molar-refractivity contribution in [1.29, 1.82) is 0 Å². The van der Waals surface area contributed by atoms with Crippen LogP contribution in [0.3, 0.4) is 0 Å². The van der Waals surface area contributed by atoms with Gasteiger partial charge in [-0.25, -0.2) is 9.97 Å². The van der Waals surface area contributed by atoms with Crippen molar-refractivity contribution in [2.45, 2.75) is 38.8 Å². The Kier molecular flexibility index (Phi) is 10.0. The molecular weight excluding hydrogens is 537 g/mol. The molecule has 1 aliphatic heterocycles. The lowest BCUT2D eigenvalue weighted by atomic mass is 10.1. The van der Waals surface area contributed by atoms with Gasteiger partial charge in [0.05, 0.1) is 0 Å². The first-order valence-electron chi connectivity index (χ1n) is 12.3. The van der Waals surface area contributed by atoms with Crippen molar-refractivity contribution in [2.75, 3.05) is 17.6 Å². The number of nitrogen functional groups attached to an aromatic ring is 1. The minimum Gasteiger partial charge on any atom is -0.384 e. The van der Waals surface area contributed by atoms with Crippen molar-refractivity contribution in [3.05, 3.63) is 100.0 Å². The topological polar surface area (TPSA) is 128 Å². The molecular formula is C28H31Cl2N7O2. The number of fused-ring (bicyclic) bond motifs is 1. The summed E-state index contributed by atoms with van der Waals surface area (Å²) in [7, 11) is 0. The molecule has 4 heterocycles. The zero-order valence-electron chi connectivity index (χ0n) is 21.5. The minimum atomic E-state index is -0.569. The molecule has 1 aromatic carbocycles. The number of hydrogen-bond acceptors (Lipinski definition) is 7. The first-order valence-corrected chi connectivity index (χ1v) is 12.3. The van der Waals surface area contributed by atoms with Crippen molar-refractivity contribution in [1.82, 2.24) is 24.8 Å². The Morgan fingerprint density at radius 2 is 1.82 bits per heavy atom. The number of nitrogens with one attached hydrogen (secondary N) is 2. The van der Waals surface area contributed by atoms with E-state index >= 15 is 0 Å². The third-order valence-electron chi connectivity index (χ3n) is 6.64. The molecule has 1 amide bonds. The highest BCUT2D eigenvalue weighted by atomic mass is 35.5. The van der Waals surface area contributed by atoms with Crippen LogP contribution < -0.4 is 21.9 Å². The van der Waals surface area contributed by atoms with E-state index < -0.39 is 6.04 Å². The number of carbonyl (C=O) groups excluding carboxylic acids is 1. The number of anilines is 2. The van der Waals surface area contributed by atoms with Gasteiger partial charge in [-0.15, -0.1) is 24.8 Å². The Labute approximate surface area is 239 Å². The highest BCUT2D eigenvalue weighted by molar-refractivity contribution is 5.85. The van der Waals surface area contributed by atoms with Gasteiger partial charge in [0.1, 0.15) is 11.9 Å². The zero-order chi connectivity index (χ0) is 25.8. The van der Waals surface area contributed by atoms with Crippen LogP contribution in [0, 0.1) is 6.92 Å². The number of hydrogen-bond donors (Lipinski definition) is 3. The van der Waals surface area contributed by atoms with E-state index in [1.165, 1.54) is 0 Å². The Balaban J connectivity index is 0.00000210. The van der Waals surface area contributed by atoms with E-state index in [2.05, 4.69) is 37.7 Å². The Morgan fingerprint density at radius 3 is 2.54 bits per heavy atom. The van der Waals surface area contributed by atoms with Gasteiger partial charge in [-0.1, -0.05) is 42.5 Å². The summed E-state index contributed by atoms with van der Waals surface area (Å²) in [5, 5.41) is 6.07. The average molecular weight is 569 g/mol. The van der Waals surface area contributed by atoms with Crippen LogP contribution in [-0.2, 0) is 24.2 Å². The first kappa shape index (κ1) is 29.6. The lowest BCUT2D eigenvalue weighted by Crippen LogP contribution is -2.36. The molecule has 39 heavy (non-hydrogen) atoms. The number of aryl methyl sites for hydroxylation is 2. The number of carbonyl (C=O) groups is 1. The fourth-order valence-corrected chi connectivity index (χ4v) is 4.59. The molecule has 0 aliphatic carbocycles. The van der Waals surface area contributed by atoms with Crippen LogP contribution in [0.1, 0.15) is 35.1 Å². The second-order valence-corrected chi connectivity index (χ2v) is 9.11. The number of benzene rings is 1. The maximum Gasteiger partial charge on any atom is 0.294 e. The van der Waals surface area contributed by atoms with Gasteiger partial charge in [0, 0.05) is 54.5 Å². The van der Waals surface area contributed by atoms with E-state index in [1.807, 2.05) is 49.5 Å². The molecule has 4 N–H and O–H groups in total. The van der Waals surface area contributed by atoms with Gasteiger partial charge in [0.2, 0.25) is 5.91 Å². The second-order valence-electron chi connectivity index (χ2n) is 9.11. The highest BCUT2D eigenvalue weighted by Crippen LogP contribution is 2.24. The van der Waals surface area contributed by atoms with Gasteiger partial charge >= 0.3 is 0 Å². The maximum absolute atomic E-state index is 13.2. The van der Waals surface area contributed by atoms with Gasteiger partial charge in [-0.05, 0) is 43.0 Å². The molecule has 1 unspecified atom stereocenters. The molecule has 5 rings (SSSR count). The number of halogens is 2. The summed E-state index contributed by atoms with van der Waals surface area (Å²) in [6, 6.07) is 17.1. The van der Waals surface area contributed by atoms with E-state index in [0.717, 1.165) is 33.8 Å². The van der Waals surface area contributed by atoms with Crippen LogP contribution in [0.15, 0.2) is 71.8 Å². The fourth-order valence-electron chi connectivity index (χ4n) is 4.59. The lowest BCUT2D eigenvalue weighted by Gasteiger charge is -2.16. The van der Waals surface area contributed by atoms with Gasteiger partial charge in [0.25, 0.3) is 5.56 Å². The fraction of sp³-hybridized carbons (Fsp3) is 0.250. The maximum atomic E-state index is 13.2. The van der Waals surface area contributed by atoms with Crippen LogP contribution in [0.5, 0.6) is 0 Å². The quantitative estimate of drug-likeness (QED) is 0.294. The summed E-state index contributed by atoms with van der Waals surface area (Å²) >= 11 is 0. The number of rotatable bonds is 8. The van der Waals surface area contributed by atoms with Crippen molar-refractivity contribution >= 4 is 42.4 Å². The van der Waals surface area contributed by atoms with Crippen LogP contribution >= 0.6 is 24.8 Å². The molecule has 0 fully saturated rings. The number of nitrogens with zero attached hydrogens (tertiary/aromatic N) is 4. The van der Waals surface area contributed by atoms with Crippen molar-refractivity contribution in [3.8, 4) is 11.1 Å². The molecule has 0 saturated carbocycles. The predicted molar refractivity (Wildman–Crippen MR) is 157 cm³/mol. The van der Waals surface area contributed by atoms with Crippen molar-refractivity contribution < 1.29 is 4.79 Å². The summed E-state index contributed by atoms with van der Waals surface area (Å²) in [5.74, 6) is 0.483. The summed E-state index contributed by atoms with van der Waals surface area (Å²) in [6.45, 7) is 2.67. The smallest absolute Gasteiger partial charge is 0.294 e. The summed E-state index contributed by atoms with van der Waals surface area (Å²) in [5.41, 5.74) is 10.9. The number of amides is 1. The van der Waals surface area contributed by atoms with Crippen LogP contribution in [0.4, 0.5) is 11.6 Å². The first-order chi connectivity index (χ1) is 18.0. The van der Waals surface area contributed by atoms with Gasteiger partial charge < -0.3 is 16.4 Å². The third kappa shape index (κ3) is 6.74. The Morgan fingerprint density at radius 1 is 1.03 bits per heavy atom.